The van der Waals surface area contributed by atoms with Crippen molar-refractivity contribution in [2.45, 2.75) is 25.2 Å². The molecular formula is C16H20N2O2. The molecule has 0 spiro atoms. The highest BCUT2D eigenvalue weighted by Gasteiger charge is 2.27. The van der Waals surface area contributed by atoms with Crippen LogP contribution in [0.4, 0.5) is 5.88 Å². The van der Waals surface area contributed by atoms with Crippen LogP contribution in [0.2, 0.25) is 0 Å². The summed E-state index contributed by atoms with van der Waals surface area (Å²) in [5.74, 6) is 2.34. The van der Waals surface area contributed by atoms with E-state index in [-0.39, 0.29) is 0 Å². The van der Waals surface area contributed by atoms with Crippen molar-refractivity contribution in [2.75, 3.05) is 26.1 Å². The lowest BCUT2D eigenvalue weighted by Crippen LogP contribution is -2.15. The predicted octanol–water partition coefficient (Wildman–Crippen LogP) is 3.02. The highest BCUT2D eigenvalue weighted by Crippen LogP contribution is 2.36. The zero-order valence-electron chi connectivity index (χ0n) is 12.2. The topological polar surface area (TPSA) is 38.5 Å². The Morgan fingerprint density at radius 2 is 2.00 bits per heavy atom. The summed E-state index contributed by atoms with van der Waals surface area (Å²) in [6.07, 6.45) is 3.13. The van der Waals surface area contributed by atoms with E-state index in [1.54, 1.807) is 7.11 Å². The third-order valence-electron chi connectivity index (χ3n) is 4.02. The van der Waals surface area contributed by atoms with Crippen molar-refractivity contribution in [3.63, 3.8) is 0 Å². The molecule has 0 N–H and O–H groups in total. The Morgan fingerprint density at radius 3 is 2.65 bits per heavy atom. The van der Waals surface area contributed by atoms with Crippen LogP contribution in [0.3, 0.4) is 0 Å². The molecule has 1 atom stereocenters. The van der Waals surface area contributed by atoms with Crippen LogP contribution in [-0.4, -0.2) is 26.4 Å². The molecule has 106 valence electrons. The fraction of sp³-hybridized carbons (Fsp3) is 0.438. The molecule has 3 rings (SSSR count). The van der Waals surface area contributed by atoms with Gasteiger partial charge in [-0.2, -0.15) is 0 Å². The Hall–Kier alpha value is -1.97. The smallest absolute Gasteiger partial charge is 0.230 e. The zero-order chi connectivity index (χ0) is 14.1. The van der Waals surface area contributed by atoms with E-state index in [9.17, 15) is 0 Å². The first-order valence-corrected chi connectivity index (χ1v) is 6.97. The molecular weight excluding hydrogens is 252 g/mol. The first-order valence-electron chi connectivity index (χ1n) is 6.97. The second kappa shape index (κ2) is 5.19. The highest BCUT2D eigenvalue weighted by molar-refractivity contribution is 5.47. The molecule has 2 aromatic rings. The number of aromatic nitrogens is 1. The summed E-state index contributed by atoms with van der Waals surface area (Å²) in [6, 6.07) is 8.36. The molecule has 4 nitrogen and oxygen atoms in total. The molecule has 1 unspecified atom stereocenters. The molecule has 1 aliphatic rings. The average molecular weight is 272 g/mol. The SMILES string of the molecule is COc1ccc(C2CCc3c(noc3N(C)C)C2)cc1. The molecule has 0 aliphatic heterocycles. The lowest BCUT2D eigenvalue weighted by molar-refractivity contribution is 0.412. The van der Waals surface area contributed by atoms with Gasteiger partial charge in [0.2, 0.25) is 5.88 Å². The van der Waals surface area contributed by atoms with Gasteiger partial charge in [-0.25, -0.2) is 0 Å². The maximum absolute atomic E-state index is 5.46. The summed E-state index contributed by atoms with van der Waals surface area (Å²) < 4.78 is 10.7. The van der Waals surface area contributed by atoms with E-state index in [4.69, 9.17) is 9.26 Å². The molecule has 1 aromatic heterocycles. The highest BCUT2D eigenvalue weighted by atomic mass is 16.5. The monoisotopic (exact) mass is 272 g/mol. The number of nitrogens with zero attached hydrogens (tertiary/aromatic N) is 2. The fourth-order valence-corrected chi connectivity index (χ4v) is 2.91. The molecule has 1 heterocycles. The van der Waals surface area contributed by atoms with Gasteiger partial charge >= 0.3 is 0 Å². The van der Waals surface area contributed by atoms with Crippen LogP contribution in [0, 0.1) is 0 Å². The van der Waals surface area contributed by atoms with Gasteiger partial charge in [0.1, 0.15) is 5.75 Å². The summed E-state index contributed by atoms with van der Waals surface area (Å²) in [6.45, 7) is 0. The maximum atomic E-state index is 5.46. The number of rotatable bonds is 3. The lowest BCUT2D eigenvalue weighted by atomic mass is 9.83. The van der Waals surface area contributed by atoms with Crippen molar-refractivity contribution in [2.24, 2.45) is 0 Å². The molecule has 0 bridgehead atoms. The van der Waals surface area contributed by atoms with Crippen molar-refractivity contribution < 1.29 is 9.26 Å². The largest absolute Gasteiger partial charge is 0.497 e. The molecule has 0 saturated heterocycles. The van der Waals surface area contributed by atoms with Crippen LogP contribution in [0.25, 0.3) is 0 Å². The molecule has 1 aliphatic carbocycles. The molecule has 0 saturated carbocycles. The molecule has 0 amide bonds. The minimum Gasteiger partial charge on any atom is -0.497 e. The van der Waals surface area contributed by atoms with Crippen LogP contribution in [0.1, 0.15) is 29.2 Å². The summed E-state index contributed by atoms with van der Waals surface area (Å²) >= 11 is 0. The van der Waals surface area contributed by atoms with Gasteiger partial charge < -0.3 is 14.2 Å². The van der Waals surface area contributed by atoms with Crippen molar-refractivity contribution in [3.05, 3.63) is 41.1 Å². The van der Waals surface area contributed by atoms with Gasteiger partial charge in [0.15, 0.2) is 0 Å². The van der Waals surface area contributed by atoms with Crippen LogP contribution in [-0.2, 0) is 12.8 Å². The van der Waals surface area contributed by atoms with Gasteiger partial charge in [-0.3, -0.25) is 0 Å². The van der Waals surface area contributed by atoms with Crippen molar-refractivity contribution in [1.82, 2.24) is 5.16 Å². The Kier molecular flexibility index (Phi) is 3.38. The second-order valence-electron chi connectivity index (χ2n) is 5.52. The molecule has 0 fully saturated rings. The first kappa shape index (κ1) is 13.0. The number of fused-ring (bicyclic) bond motifs is 1. The minimum absolute atomic E-state index is 0.522. The maximum Gasteiger partial charge on any atom is 0.230 e. The quantitative estimate of drug-likeness (QED) is 0.861. The average Bonchev–Trinajstić information content (AvgIpc) is 2.90. The van der Waals surface area contributed by atoms with Crippen LogP contribution in [0.5, 0.6) is 5.75 Å². The third kappa shape index (κ3) is 2.26. The van der Waals surface area contributed by atoms with Gasteiger partial charge in [-0.15, -0.1) is 0 Å². The summed E-state index contributed by atoms with van der Waals surface area (Å²) in [5, 5.41) is 4.25. The van der Waals surface area contributed by atoms with Crippen molar-refractivity contribution in [1.29, 1.82) is 0 Å². The van der Waals surface area contributed by atoms with Gasteiger partial charge in [0.05, 0.1) is 12.8 Å². The number of methoxy groups -OCH3 is 1. The van der Waals surface area contributed by atoms with E-state index >= 15 is 0 Å². The number of hydrogen-bond acceptors (Lipinski definition) is 4. The van der Waals surface area contributed by atoms with E-state index in [1.807, 2.05) is 31.1 Å². The zero-order valence-corrected chi connectivity index (χ0v) is 12.2. The van der Waals surface area contributed by atoms with Gasteiger partial charge in [-0.05, 0) is 36.5 Å². The number of benzene rings is 1. The first-order chi connectivity index (χ1) is 9.69. The Morgan fingerprint density at radius 1 is 1.25 bits per heavy atom. The normalized spacial score (nSPS) is 17.6. The predicted molar refractivity (Wildman–Crippen MR) is 78.6 cm³/mol. The van der Waals surface area contributed by atoms with Gasteiger partial charge in [0, 0.05) is 26.1 Å². The Balaban J connectivity index is 1.81. The standard InChI is InChI=1S/C16H20N2O2/c1-18(2)16-14-9-6-12(10-15(14)17-20-16)11-4-7-13(19-3)8-5-11/h4-5,7-8,12H,6,9-10H2,1-3H3. The van der Waals surface area contributed by atoms with E-state index in [0.29, 0.717) is 5.92 Å². The van der Waals surface area contributed by atoms with Crippen molar-refractivity contribution in [3.8, 4) is 5.75 Å². The van der Waals surface area contributed by atoms with Gasteiger partial charge in [-0.1, -0.05) is 17.3 Å². The number of hydrogen-bond donors (Lipinski definition) is 0. The molecule has 1 aromatic carbocycles. The van der Waals surface area contributed by atoms with E-state index in [1.165, 1.54) is 11.1 Å². The Labute approximate surface area is 119 Å². The van der Waals surface area contributed by atoms with Crippen molar-refractivity contribution >= 4 is 5.88 Å². The van der Waals surface area contributed by atoms with E-state index in [0.717, 1.165) is 36.6 Å². The Bertz CT molecular complexity index is 587. The minimum atomic E-state index is 0.522. The van der Waals surface area contributed by atoms with Crippen LogP contribution >= 0.6 is 0 Å². The summed E-state index contributed by atoms with van der Waals surface area (Å²) in [5.41, 5.74) is 3.74. The molecule has 0 radical (unpaired) electrons. The van der Waals surface area contributed by atoms with E-state index < -0.39 is 0 Å². The van der Waals surface area contributed by atoms with Crippen LogP contribution in [0.15, 0.2) is 28.8 Å². The summed E-state index contributed by atoms with van der Waals surface area (Å²) in [7, 11) is 5.69. The van der Waals surface area contributed by atoms with Crippen LogP contribution < -0.4 is 9.64 Å². The molecule has 20 heavy (non-hydrogen) atoms. The lowest BCUT2D eigenvalue weighted by Gasteiger charge is -2.22. The van der Waals surface area contributed by atoms with Gasteiger partial charge in [0.25, 0.3) is 0 Å². The molecule has 4 heteroatoms. The third-order valence-corrected chi connectivity index (χ3v) is 4.02. The second-order valence-corrected chi connectivity index (χ2v) is 5.52. The fourth-order valence-electron chi connectivity index (χ4n) is 2.91. The number of ether oxygens (including phenoxy) is 1. The van der Waals surface area contributed by atoms with E-state index in [2.05, 4.69) is 17.3 Å². The summed E-state index contributed by atoms with van der Waals surface area (Å²) in [4.78, 5) is 2.00. The number of anilines is 1.